The van der Waals surface area contributed by atoms with Gasteiger partial charge in [0, 0.05) is 25.8 Å². The van der Waals surface area contributed by atoms with Crippen LogP contribution in [0.25, 0.3) is 0 Å². The van der Waals surface area contributed by atoms with Crippen LogP contribution in [0.1, 0.15) is 6.42 Å². The second-order valence-corrected chi connectivity index (χ2v) is 3.41. The largest absolute Gasteiger partial charge is 0.460 e. The summed E-state index contributed by atoms with van der Waals surface area (Å²) in [5.41, 5.74) is 0. The fourth-order valence-corrected chi connectivity index (χ4v) is 1.54. The van der Waals surface area contributed by atoms with E-state index in [0.717, 1.165) is 19.5 Å². The summed E-state index contributed by atoms with van der Waals surface area (Å²) in [7, 11) is 2.10. The van der Waals surface area contributed by atoms with Crippen LogP contribution in [0.2, 0.25) is 0 Å². The lowest BCUT2D eigenvalue weighted by atomic mass is 10.3. The Morgan fingerprint density at radius 1 is 1.77 bits per heavy atom. The number of likely N-dealkylation sites (N-methyl/N-ethyl adjacent to an activating group) is 1. The predicted octanol–water partition coefficient (Wildman–Crippen LogP) is -0.0168. The summed E-state index contributed by atoms with van der Waals surface area (Å²) in [4.78, 5) is 6.31. The minimum absolute atomic E-state index is 0.294. The van der Waals surface area contributed by atoms with E-state index in [9.17, 15) is 0 Å². The van der Waals surface area contributed by atoms with Crippen molar-refractivity contribution in [2.24, 2.45) is 4.99 Å². The SMILES string of the molecule is CN1CCC(OC2=NC=[C]CN2)C1. The van der Waals surface area contributed by atoms with Crippen molar-refractivity contribution in [3.8, 4) is 0 Å². The van der Waals surface area contributed by atoms with Gasteiger partial charge in [-0.1, -0.05) is 0 Å². The van der Waals surface area contributed by atoms with Crippen LogP contribution in [0.15, 0.2) is 11.2 Å². The first kappa shape index (κ1) is 8.56. The monoisotopic (exact) mass is 180 g/mol. The van der Waals surface area contributed by atoms with Crippen molar-refractivity contribution in [1.29, 1.82) is 0 Å². The Morgan fingerprint density at radius 3 is 3.31 bits per heavy atom. The number of aliphatic imine (C=N–C) groups is 1. The number of hydrogen-bond donors (Lipinski definition) is 1. The normalized spacial score (nSPS) is 28.4. The first-order valence-corrected chi connectivity index (χ1v) is 4.56. The summed E-state index contributed by atoms with van der Waals surface area (Å²) < 4.78 is 5.65. The Hall–Kier alpha value is -1.03. The maximum Gasteiger partial charge on any atom is 0.289 e. The summed E-state index contributed by atoms with van der Waals surface area (Å²) >= 11 is 0. The molecule has 0 bridgehead atoms. The lowest BCUT2D eigenvalue weighted by Crippen LogP contribution is -2.33. The Balaban J connectivity index is 1.84. The fraction of sp³-hybridized carbons (Fsp3) is 0.667. The van der Waals surface area contributed by atoms with Gasteiger partial charge < -0.3 is 15.0 Å². The van der Waals surface area contributed by atoms with Crippen molar-refractivity contribution in [2.45, 2.75) is 12.5 Å². The average molecular weight is 180 g/mol. The van der Waals surface area contributed by atoms with Crippen LogP contribution < -0.4 is 5.32 Å². The maximum atomic E-state index is 5.65. The van der Waals surface area contributed by atoms with E-state index in [1.807, 2.05) is 0 Å². The third kappa shape index (κ3) is 2.21. The minimum atomic E-state index is 0.294. The van der Waals surface area contributed by atoms with Gasteiger partial charge in [0.15, 0.2) is 0 Å². The number of amidine groups is 1. The van der Waals surface area contributed by atoms with Gasteiger partial charge in [0.25, 0.3) is 6.02 Å². The standard InChI is InChI=1S/C9H14N3O/c1-12-6-3-8(7-12)13-9-10-4-2-5-11-9/h4,8H,3,5-7H2,1H3,(H,10,11). The molecule has 0 amide bonds. The number of nitrogens with one attached hydrogen (secondary N) is 1. The zero-order chi connectivity index (χ0) is 9.10. The summed E-state index contributed by atoms with van der Waals surface area (Å²) in [6.45, 7) is 2.80. The first-order valence-electron chi connectivity index (χ1n) is 4.56. The lowest BCUT2D eigenvalue weighted by Gasteiger charge is -2.16. The molecule has 1 saturated heterocycles. The third-order valence-electron chi connectivity index (χ3n) is 2.24. The van der Waals surface area contributed by atoms with Gasteiger partial charge in [-0.15, -0.1) is 0 Å². The van der Waals surface area contributed by atoms with E-state index in [0.29, 0.717) is 18.7 Å². The molecule has 0 aromatic rings. The molecule has 2 aliphatic heterocycles. The van der Waals surface area contributed by atoms with E-state index in [2.05, 4.69) is 28.3 Å². The van der Waals surface area contributed by atoms with Crippen LogP contribution in [-0.4, -0.2) is 43.7 Å². The van der Waals surface area contributed by atoms with E-state index < -0.39 is 0 Å². The first-order chi connectivity index (χ1) is 6.34. The molecule has 1 fully saturated rings. The zero-order valence-electron chi connectivity index (χ0n) is 7.79. The number of nitrogens with zero attached hydrogens (tertiary/aromatic N) is 2. The van der Waals surface area contributed by atoms with E-state index >= 15 is 0 Å². The van der Waals surface area contributed by atoms with E-state index in [-0.39, 0.29) is 0 Å². The Kier molecular flexibility index (Phi) is 2.49. The van der Waals surface area contributed by atoms with Gasteiger partial charge >= 0.3 is 0 Å². The van der Waals surface area contributed by atoms with Gasteiger partial charge in [-0.25, -0.2) is 4.99 Å². The molecule has 2 rings (SSSR count). The molecule has 2 aliphatic rings. The summed E-state index contributed by atoms with van der Waals surface area (Å²) in [6, 6.07) is 0.638. The van der Waals surface area contributed by atoms with Crippen molar-refractivity contribution in [2.75, 3.05) is 26.7 Å². The van der Waals surface area contributed by atoms with E-state index in [1.165, 1.54) is 0 Å². The van der Waals surface area contributed by atoms with Crippen molar-refractivity contribution >= 4 is 6.02 Å². The molecule has 13 heavy (non-hydrogen) atoms. The highest BCUT2D eigenvalue weighted by Gasteiger charge is 2.22. The summed E-state index contributed by atoms with van der Waals surface area (Å²) in [5, 5.41) is 3.03. The number of hydrogen-bond acceptors (Lipinski definition) is 4. The molecular formula is C9H14N3O. The van der Waals surface area contributed by atoms with Crippen LogP contribution in [-0.2, 0) is 4.74 Å². The van der Waals surface area contributed by atoms with Gasteiger partial charge in [0.1, 0.15) is 6.10 Å². The Labute approximate surface area is 78.3 Å². The molecule has 0 aromatic heterocycles. The van der Waals surface area contributed by atoms with Crippen molar-refractivity contribution in [3.63, 3.8) is 0 Å². The second-order valence-electron chi connectivity index (χ2n) is 3.41. The molecule has 0 aromatic carbocycles. The van der Waals surface area contributed by atoms with Gasteiger partial charge in [0.2, 0.25) is 0 Å². The topological polar surface area (TPSA) is 36.9 Å². The molecule has 71 valence electrons. The molecular weight excluding hydrogens is 166 g/mol. The molecule has 1 N–H and O–H groups in total. The minimum Gasteiger partial charge on any atom is -0.460 e. The Morgan fingerprint density at radius 2 is 2.69 bits per heavy atom. The molecule has 0 aliphatic carbocycles. The van der Waals surface area contributed by atoms with Crippen molar-refractivity contribution in [1.82, 2.24) is 10.2 Å². The highest BCUT2D eigenvalue weighted by atomic mass is 16.5. The van der Waals surface area contributed by atoms with Crippen molar-refractivity contribution < 1.29 is 4.74 Å². The lowest BCUT2D eigenvalue weighted by molar-refractivity contribution is 0.185. The van der Waals surface area contributed by atoms with Crippen LogP contribution in [0.5, 0.6) is 0 Å². The molecule has 1 atom stereocenters. The quantitative estimate of drug-likeness (QED) is 0.616. The van der Waals surface area contributed by atoms with Gasteiger partial charge in [-0.3, -0.25) is 0 Å². The molecule has 4 heteroatoms. The fourth-order valence-electron chi connectivity index (χ4n) is 1.54. The van der Waals surface area contributed by atoms with Crippen LogP contribution in [0.4, 0.5) is 0 Å². The second kappa shape index (κ2) is 3.79. The van der Waals surface area contributed by atoms with Gasteiger partial charge in [-0.2, -0.15) is 0 Å². The molecule has 2 heterocycles. The number of ether oxygens (including phenoxy) is 1. The number of likely N-dealkylation sites (tertiary alicyclic amines) is 1. The molecule has 4 nitrogen and oxygen atoms in total. The average Bonchev–Trinajstić information content (AvgIpc) is 2.53. The molecule has 0 spiro atoms. The molecule has 1 unspecified atom stereocenters. The zero-order valence-corrected chi connectivity index (χ0v) is 7.79. The Bertz CT molecular complexity index is 237. The van der Waals surface area contributed by atoms with Crippen molar-refractivity contribution in [3.05, 3.63) is 12.3 Å². The highest BCUT2D eigenvalue weighted by molar-refractivity contribution is 5.75. The van der Waals surface area contributed by atoms with Gasteiger partial charge in [-0.05, 0) is 19.5 Å². The van der Waals surface area contributed by atoms with Crippen LogP contribution >= 0.6 is 0 Å². The van der Waals surface area contributed by atoms with Gasteiger partial charge in [0.05, 0.1) is 0 Å². The summed E-state index contributed by atoms with van der Waals surface area (Å²) in [6.07, 6.45) is 5.97. The highest BCUT2D eigenvalue weighted by Crippen LogP contribution is 2.10. The van der Waals surface area contributed by atoms with E-state index in [1.54, 1.807) is 6.20 Å². The number of rotatable bonds is 1. The smallest absolute Gasteiger partial charge is 0.289 e. The third-order valence-corrected chi connectivity index (χ3v) is 2.24. The molecule has 0 saturated carbocycles. The van der Waals surface area contributed by atoms with Crippen LogP contribution in [0.3, 0.4) is 0 Å². The maximum absolute atomic E-state index is 5.65. The predicted molar refractivity (Wildman–Crippen MR) is 50.2 cm³/mol. The molecule has 1 radical (unpaired) electrons. The van der Waals surface area contributed by atoms with Crippen LogP contribution in [0, 0.1) is 6.08 Å². The summed E-state index contributed by atoms with van der Waals surface area (Å²) in [5.74, 6) is 0. The van der Waals surface area contributed by atoms with E-state index in [4.69, 9.17) is 4.74 Å².